The molecular weight excluding hydrogens is 260 g/mol. The van der Waals surface area contributed by atoms with Gasteiger partial charge in [0, 0.05) is 13.5 Å². The fraction of sp³-hybridized carbons (Fsp3) is 0.692. The van der Waals surface area contributed by atoms with Gasteiger partial charge in [-0.05, 0) is 12.8 Å². The Labute approximate surface area is 117 Å². The molecule has 1 aliphatic rings. The minimum Gasteiger partial charge on any atom is -0.481 e. The molecule has 0 saturated heterocycles. The SMILES string of the molecule is CN(Cc1ncn[nH]1)C(=O)CC1(C(=O)O)CCCCC1. The molecular formula is C13H20N4O3. The predicted molar refractivity (Wildman–Crippen MR) is 70.6 cm³/mol. The number of amides is 1. The highest BCUT2D eigenvalue weighted by Crippen LogP contribution is 2.40. The van der Waals surface area contributed by atoms with Crippen LogP contribution in [0.2, 0.25) is 0 Å². The molecule has 7 nitrogen and oxygen atoms in total. The average molecular weight is 280 g/mol. The van der Waals surface area contributed by atoms with Gasteiger partial charge in [0.25, 0.3) is 0 Å². The van der Waals surface area contributed by atoms with Crippen molar-refractivity contribution in [2.75, 3.05) is 7.05 Å². The lowest BCUT2D eigenvalue weighted by Gasteiger charge is -2.33. The zero-order valence-corrected chi connectivity index (χ0v) is 11.6. The second-order valence-electron chi connectivity index (χ2n) is 5.50. The number of rotatable bonds is 5. The number of aliphatic carboxylic acids is 1. The van der Waals surface area contributed by atoms with Crippen LogP contribution in [0.5, 0.6) is 0 Å². The summed E-state index contributed by atoms with van der Waals surface area (Å²) < 4.78 is 0. The van der Waals surface area contributed by atoms with Gasteiger partial charge in [-0.25, -0.2) is 4.98 Å². The molecule has 0 aliphatic heterocycles. The standard InChI is InChI=1S/C13H20N4O3/c1-17(8-10-14-9-15-16-10)11(18)7-13(12(19)20)5-3-2-4-6-13/h9H,2-8H2,1H3,(H,19,20)(H,14,15,16). The summed E-state index contributed by atoms with van der Waals surface area (Å²) in [6.45, 7) is 0.314. The Kier molecular flexibility index (Phi) is 4.36. The summed E-state index contributed by atoms with van der Waals surface area (Å²) in [5.41, 5.74) is -0.884. The van der Waals surface area contributed by atoms with Gasteiger partial charge in [0.05, 0.1) is 12.0 Å². The van der Waals surface area contributed by atoms with E-state index in [4.69, 9.17) is 0 Å². The molecule has 1 fully saturated rings. The first-order chi connectivity index (χ1) is 9.53. The molecule has 0 spiro atoms. The number of hydrogen-bond acceptors (Lipinski definition) is 4. The monoisotopic (exact) mass is 280 g/mol. The first kappa shape index (κ1) is 14.5. The van der Waals surface area contributed by atoms with E-state index >= 15 is 0 Å². The molecule has 0 radical (unpaired) electrons. The van der Waals surface area contributed by atoms with Crippen LogP contribution in [0.25, 0.3) is 0 Å². The third-order valence-corrected chi connectivity index (χ3v) is 4.03. The molecule has 0 atom stereocenters. The average Bonchev–Trinajstić information content (AvgIpc) is 2.92. The van der Waals surface area contributed by atoms with E-state index in [1.54, 1.807) is 7.05 Å². The van der Waals surface area contributed by atoms with Crippen molar-refractivity contribution in [1.82, 2.24) is 20.1 Å². The van der Waals surface area contributed by atoms with Crippen molar-refractivity contribution in [3.8, 4) is 0 Å². The Morgan fingerprint density at radius 3 is 2.65 bits per heavy atom. The predicted octanol–water partition coefficient (Wildman–Crippen LogP) is 1.19. The lowest BCUT2D eigenvalue weighted by atomic mass is 9.71. The molecule has 0 aromatic carbocycles. The van der Waals surface area contributed by atoms with Gasteiger partial charge in [0.1, 0.15) is 12.2 Å². The van der Waals surface area contributed by atoms with Crippen LogP contribution in [0.3, 0.4) is 0 Å². The van der Waals surface area contributed by atoms with E-state index in [1.807, 2.05) is 0 Å². The van der Waals surface area contributed by atoms with E-state index in [0.717, 1.165) is 19.3 Å². The fourth-order valence-corrected chi connectivity index (χ4v) is 2.74. The molecule has 0 bridgehead atoms. The van der Waals surface area contributed by atoms with E-state index in [2.05, 4.69) is 15.2 Å². The van der Waals surface area contributed by atoms with Gasteiger partial charge in [-0.1, -0.05) is 19.3 Å². The van der Waals surface area contributed by atoms with E-state index in [0.29, 0.717) is 25.2 Å². The number of carbonyl (C=O) groups excluding carboxylic acids is 1. The summed E-state index contributed by atoms with van der Waals surface area (Å²) >= 11 is 0. The number of nitrogens with zero attached hydrogens (tertiary/aromatic N) is 3. The van der Waals surface area contributed by atoms with Crippen LogP contribution in [0.15, 0.2) is 6.33 Å². The van der Waals surface area contributed by atoms with Gasteiger partial charge < -0.3 is 10.0 Å². The highest BCUT2D eigenvalue weighted by atomic mass is 16.4. The normalized spacial score (nSPS) is 17.6. The third-order valence-electron chi connectivity index (χ3n) is 4.03. The molecule has 1 amide bonds. The number of carboxylic acids is 1. The van der Waals surface area contributed by atoms with Crippen molar-refractivity contribution in [2.24, 2.45) is 5.41 Å². The fourth-order valence-electron chi connectivity index (χ4n) is 2.74. The summed E-state index contributed by atoms with van der Waals surface area (Å²) in [4.78, 5) is 29.3. The Bertz CT molecular complexity index is 466. The molecule has 1 aromatic heterocycles. The number of aromatic amines is 1. The number of nitrogens with one attached hydrogen (secondary N) is 1. The molecule has 2 rings (SSSR count). The van der Waals surface area contributed by atoms with Crippen LogP contribution in [0, 0.1) is 5.41 Å². The molecule has 1 saturated carbocycles. The summed E-state index contributed by atoms with van der Waals surface area (Å²) in [6.07, 6.45) is 5.43. The maximum absolute atomic E-state index is 12.2. The topological polar surface area (TPSA) is 99.2 Å². The number of H-pyrrole nitrogens is 1. The number of aromatic nitrogens is 3. The van der Waals surface area contributed by atoms with Gasteiger partial charge in [0.2, 0.25) is 5.91 Å². The van der Waals surface area contributed by atoms with Gasteiger partial charge in [-0.3, -0.25) is 14.7 Å². The van der Waals surface area contributed by atoms with Crippen molar-refractivity contribution >= 4 is 11.9 Å². The van der Waals surface area contributed by atoms with Crippen LogP contribution in [0.1, 0.15) is 44.3 Å². The van der Waals surface area contributed by atoms with Crippen LogP contribution < -0.4 is 0 Å². The summed E-state index contributed by atoms with van der Waals surface area (Å²) in [7, 11) is 1.66. The zero-order chi connectivity index (χ0) is 14.6. The third kappa shape index (κ3) is 3.15. The lowest BCUT2D eigenvalue weighted by molar-refractivity contribution is -0.155. The molecule has 1 aromatic rings. The second-order valence-corrected chi connectivity index (χ2v) is 5.50. The van der Waals surface area contributed by atoms with E-state index in [9.17, 15) is 14.7 Å². The van der Waals surface area contributed by atoms with Crippen molar-refractivity contribution in [3.63, 3.8) is 0 Å². The summed E-state index contributed by atoms with van der Waals surface area (Å²) in [5.74, 6) is -0.418. The first-order valence-corrected chi connectivity index (χ1v) is 6.85. The summed E-state index contributed by atoms with van der Waals surface area (Å²) in [5, 5.41) is 15.9. The molecule has 1 aliphatic carbocycles. The minimum absolute atomic E-state index is 0.0625. The van der Waals surface area contributed by atoms with Gasteiger partial charge >= 0.3 is 5.97 Å². The lowest BCUT2D eigenvalue weighted by Crippen LogP contribution is -2.39. The smallest absolute Gasteiger partial charge is 0.310 e. The van der Waals surface area contributed by atoms with Gasteiger partial charge in [-0.15, -0.1) is 0 Å². The van der Waals surface area contributed by atoms with Crippen molar-refractivity contribution in [3.05, 3.63) is 12.2 Å². The van der Waals surface area contributed by atoms with Crippen LogP contribution in [-0.4, -0.2) is 44.1 Å². The molecule has 0 unspecified atom stereocenters. The van der Waals surface area contributed by atoms with E-state index < -0.39 is 11.4 Å². The maximum atomic E-state index is 12.2. The maximum Gasteiger partial charge on any atom is 0.310 e. The molecule has 20 heavy (non-hydrogen) atoms. The highest BCUT2D eigenvalue weighted by molar-refractivity contribution is 5.85. The van der Waals surface area contributed by atoms with E-state index in [-0.39, 0.29) is 12.3 Å². The Morgan fingerprint density at radius 1 is 1.40 bits per heavy atom. The molecule has 1 heterocycles. The Balaban J connectivity index is 1.99. The molecule has 7 heteroatoms. The van der Waals surface area contributed by atoms with Gasteiger partial charge in [0.15, 0.2) is 0 Å². The Hall–Kier alpha value is -1.92. The Morgan fingerprint density at radius 2 is 2.10 bits per heavy atom. The van der Waals surface area contributed by atoms with Crippen molar-refractivity contribution in [2.45, 2.75) is 45.1 Å². The van der Waals surface area contributed by atoms with Crippen LogP contribution in [0.4, 0.5) is 0 Å². The van der Waals surface area contributed by atoms with Crippen LogP contribution in [-0.2, 0) is 16.1 Å². The van der Waals surface area contributed by atoms with E-state index in [1.165, 1.54) is 11.2 Å². The van der Waals surface area contributed by atoms with Crippen LogP contribution >= 0.6 is 0 Å². The molecule has 2 N–H and O–H groups in total. The number of carboxylic acid groups (broad SMARTS) is 1. The zero-order valence-electron chi connectivity index (χ0n) is 11.6. The summed E-state index contributed by atoms with van der Waals surface area (Å²) in [6, 6.07) is 0. The second kappa shape index (κ2) is 6.02. The first-order valence-electron chi connectivity index (χ1n) is 6.85. The van der Waals surface area contributed by atoms with Crippen molar-refractivity contribution < 1.29 is 14.7 Å². The quantitative estimate of drug-likeness (QED) is 0.844. The number of carbonyl (C=O) groups is 2. The highest BCUT2D eigenvalue weighted by Gasteiger charge is 2.42. The largest absolute Gasteiger partial charge is 0.481 e. The molecule has 110 valence electrons. The minimum atomic E-state index is -0.884. The van der Waals surface area contributed by atoms with Gasteiger partial charge in [-0.2, -0.15) is 5.10 Å². The number of hydrogen-bond donors (Lipinski definition) is 2. The van der Waals surface area contributed by atoms with Crippen molar-refractivity contribution in [1.29, 1.82) is 0 Å².